The van der Waals surface area contributed by atoms with E-state index in [2.05, 4.69) is 0 Å². The molecule has 1 N–H and O–H groups in total. The summed E-state index contributed by atoms with van der Waals surface area (Å²) in [7, 11) is 1.46. The van der Waals surface area contributed by atoms with Gasteiger partial charge in [0.2, 0.25) is 0 Å². The monoisotopic (exact) mass is 419 g/mol. The molecule has 1 aromatic rings. The number of carbonyl (C=O) groups excluding carboxylic acids is 2. The number of nitrogens with zero attached hydrogens (tertiary/aromatic N) is 1. The second-order valence-electron chi connectivity index (χ2n) is 4.39. The molecule has 0 radical (unpaired) electrons. The average molecular weight is 419 g/mol. The number of hydrogen-bond donors (Lipinski definition) is 1. The fourth-order valence-electron chi connectivity index (χ4n) is 1.90. The highest BCUT2D eigenvalue weighted by Crippen LogP contribution is 2.36. The number of benzene rings is 1. The van der Waals surface area contributed by atoms with Gasteiger partial charge in [-0.15, -0.1) is 0 Å². The number of hydrogen-bond acceptors (Lipinski definition) is 5. The maximum absolute atomic E-state index is 12.2. The van der Waals surface area contributed by atoms with E-state index < -0.39 is 0 Å². The zero-order valence-corrected chi connectivity index (χ0v) is 14.5. The summed E-state index contributed by atoms with van der Waals surface area (Å²) in [5, 5.41) is 9.56. The van der Waals surface area contributed by atoms with Crippen LogP contribution < -0.4 is 4.74 Å². The van der Waals surface area contributed by atoms with Crippen LogP contribution in [-0.2, 0) is 4.79 Å². The molecule has 0 spiro atoms. The first-order chi connectivity index (χ1) is 9.97. The Morgan fingerprint density at radius 1 is 1.43 bits per heavy atom. The predicted molar refractivity (Wildman–Crippen MR) is 90.3 cm³/mol. The molecule has 0 aromatic heterocycles. The van der Waals surface area contributed by atoms with E-state index in [-0.39, 0.29) is 16.9 Å². The van der Waals surface area contributed by atoms with E-state index in [1.807, 2.05) is 29.5 Å². The molecule has 21 heavy (non-hydrogen) atoms. The number of phenols is 1. The largest absolute Gasteiger partial charge is 0.504 e. The van der Waals surface area contributed by atoms with E-state index in [0.717, 1.165) is 18.2 Å². The Morgan fingerprint density at radius 2 is 2.14 bits per heavy atom. The van der Waals surface area contributed by atoms with Crippen molar-refractivity contribution in [2.45, 2.75) is 13.3 Å². The Bertz CT molecular complexity index is 630. The maximum atomic E-state index is 12.2. The molecule has 112 valence electrons. The highest BCUT2D eigenvalue weighted by molar-refractivity contribution is 14.1. The van der Waals surface area contributed by atoms with Crippen LogP contribution in [0.1, 0.15) is 18.9 Å². The van der Waals surface area contributed by atoms with Crippen LogP contribution in [0.4, 0.5) is 4.79 Å². The Balaban J connectivity index is 2.35. The Kier molecular flexibility index (Phi) is 5.15. The zero-order valence-electron chi connectivity index (χ0n) is 11.6. The molecule has 0 atom stereocenters. The molecule has 1 heterocycles. The van der Waals surface area contributed by atoms with Crippen molar-refractivity contribution in [1.29, 1.82) is 0 Å². The Morgan fingerprint density at radius 3 is 2.76 bits per heavy atom. The molecule has 5 nitrogen and oxygen atoms in total. The second-order valence-corrected chi connectivity index (χ2v) is 6.54. The predicted octanol–water partition coefficient (Wildman–Crippen LogP) is 3.45. The van der Waals surface area contributed by atoms with E-state index in [1.165, 1.54) is 12.0 Å². The summed E-state index contributed by atoms with van der Waals surface area (Å²) in [6, 6.07) is 3.36. The van der Waals surface area contributed by atoms with E-state index in [4.69, 9.17) is 4.74 Å². The number of methoxy groups -OCH3 is 1. The number of carbonyl (C=O) groups is 2. The fourth-order valence-corrected chi connectivity index (χ4v) is 3.39. The fraction of sp³-hybridized carbons (Fsp3) is 0.286. The summed E-state index contributed by atoms with van der Waals surface area (Å²) >= 11 is 2.92. The molecular weight excluding hydrogens is 405 g/mol. The van der Waals surface area contributed by atoms with Crippen LogP contribution in [0.25, 0.3) is 6.08 Å². The molecule has 7 heteroatoms. The number of amides is 2. The molecule has 0 saturated carbocycles. The van der Waals surface area contributed by atoms with Crippen molar-refractivity contribution < 1.29 is 19.4 Å². The summed E-state index contributed by atoms with van der Waals surface area (Å²) in [5.74, 6) is 0.129. The average Bonchev–Trinajstić information content (AvgIpc) is 2.70. The molecule has 1 aliphatic rings. The van der Waals surface area contributed by atoms with Crippen molar-refractivity contribution in [3.05, 3.63) is 26.2 Å². The Hall–Kier alpha value is -1.22. The third kappa shape index (κ3) is 3.34. The van der Waals surface area contributed by atoms with Crippen molar-refractivity contribution in [3.8, 4) is 11.5 Å². The molecule has 2 rings (SSSR count). The van der Waals surface area contributed by atoms with Gasteiger partial charge in [0, 0.05) is 6.54 Å². The van der Waals surface area contributed by atoms with Crippen molar-refractivity contribution in [3.63, 3.8) is 0 Å². The summed E-state index contributed by atoms with van der Waals surface area (Å²) in [4.78, 5) is 25.6. The van der Waals surface area contributed by atoms with E-state index in [9.17, 15) is 14.7 Å². The van der Waals surface area contributed by atoms with Gasteiger partial charge >= 0.3 is 0 Å². The lowest BCUT2D eigenvalue weighted by Gasteiger charge is -2.09. The van der Waals surface area contributed by atoms with Crippen molar-refractivity contribution in [2.24, 2.45) is 0 Å². The van der Waals surface area contributed by atoms with Crippen LogP contribution in [0.5, 0.6) is 11.5 Å². The number of thioether (sulfide) groups is 1. The highest BCUT2D eigenvalue weighted by Gasteiger charge is 2.34. The first-order valence-electron chi connectivity index (χ1n) is 6.29. The van der Waals surface area contributed by atoms with E-state index in [1.54, 1.807) is 18.2 Å². The molecule has 0 aliphatic carbocycles. The van der Waals surface area contributed by atoms with Gasteiger partial charge in [0.05, 0.1) is 15.6 Å². The van der Waals surface area contributed by atoms with Gasteiger partial charge < -0.3 is 9.84 Å². The summed E-state index contributed by atoms with van der Waals surface area (Å²) < 4.78 is 5.70. The van der Waals surface area contributed by atoms with Crippen molar-refractivity contribution in [2.75, 3.05) is 13.7 Å². The van der Waals surface area contributed by atoms with E-state index in [0.29, 0.717) is 26.3 Å². The minimum absolute atomic E-state index is 0.0642. The Labute approximate surface area is 140 Å². The summed E-state index contributed by atoms with van der Waals surface area (Å²) in [5.41, 5.74) is 0.705. The molecule has 1 aromatic carbocycles. The smallest absolute Gasteiger partial charge is 0.293 e. The van der Waals surface area contributed by atoms with Gasteiger partial charge in [0.1, 0.15) is 0 Å². The van der Waals surface area contributed by atoms with Crippen LogP contribution in [-0.4, -0.2) is 34.8 Å². The zero-order chi connectivity index (χ0) is 15.6. The van der Waals surface area contributed by atoms with Crippen LogP contribution >= 0.6 is 34.4 Å². The van der Waals surface area contributed by atoms with Crippen LogP contribution in [0, 0.1) is 3.57 Å². The number of aromatic hydroxyl groups is 1. The van der Waals surface area contributed by atoms with Gasteiger partial charge in [-0.1, -0.05) is 6.92 Å². The van der Waals surface area contributed by atoms with E-state index >= 15 is 0 Å². The van der Waals surface area contributed by atoms with Crippen molar-refractivity contribution >= 4 is 51.6 Å². The number of ether oxygens (including phenoxy) is 1. The molecule has 0 bridgehead atoms. The minimum atomic E-state index is -0.270. The molecule has 1 aliphatic heterocycles. The standard InChI is InChI=1S/C14H14INO4S/c1-3-4-16-13(18)11(21-14(16)19)7-8-5-9(15)12(17)10(6-8)20-2/h5-7,17H,3-4H2,1-2H3. The highest BCUT2D eigenvalue weighted by atomic mass is 127. The van der Waals surface area contributed by atoms with Gasteiger partial charge in [-0.2, -0.15) is 0 Å². The van der Waals surface area contributed by atoms with Crippen LogP contribution in [0.2, 0.25) is 0 Å². The van der Waals surface area contributed by atoms with Gasteiger partial charge in [-0.3, -0.25) is 14.5 Å². The second kappa shape index (κ2) is 6.69. The van der Waals surface area contributed by atoms with Crippen molar-refractivity contribution in [1.82, 2.24) is 4.90 Å². The lowest BCUT2D eigenvalue weighted by atomic mass is 10.2. The molecular formula is C14H14INO4S. The van der Waals surface area contributed by atoms with Gasteiger partial charge in [0.15, 0.2) is 11.5 Å². The lowest BCUT2D eigenvalue weighted by molar-refractivity contribution is -0.122. The topological polar surface area (TPSA) is 66.8 Å². The number of phenolic OH excluding ortho intramolecular Hbond substituents is 1. The minimum Gasteiger partial charge on any atom is -0.504 e. The quantitative estimate of drug-likeness (QED) is 0.598. The SMILES string of the molecule is CCCN1C(=O)SC(=Cc2cc(I)c(O)c(OC)c2)C1=O. The van der Waals surface area contributed by atoms with Crippen LogP contribution in [0.3, 0.4) is 0 Å². The molecule has 2 amide bonds. The molecule has 0 unspecified atom stereocenters. The third-order valence-corrected chi connectivity index (χ3v) is 4.62. The number of rotatable bonds is 4. The summed E-state index contributed by atoms with van der Waals surface area (Å²) in [6.45, 7) is 2.35. The normalized spacial score (nSPS) is 16.9. The van der Waals surface area contributed by atoms with Gasteiger partial charge in [-0.05, 0) is 64.5 Å². The van der Waals surface area contributed by atoms with Gasteiger partial charge in [0.25, 0.3) is 11.1 Å². The first-order valence-corrected chi connectivity index (χ1v) is 8.19. The van der Waals surface area contributed by atoms with Gasteiger partial charge in [-0.25, -0.2) is 0 Å². The third-order valence-electron chi connectivity index (χ3n) is 2.89. The number of halogens is 1. The summed E-state index contributed by atoms with van der Waals surface area (Å²) in [6.07, 6.45) is 2.38. The lowest BCUT2D eigenvalue weighted by Crippen LogP contribution is -2.28. The van der Waals surface area contributed by atoms with Crippen LogP contribution in [0.15, 0.2) is 17.0 Å². The maximum Gasteiger partial charge on any atom is 0.293 e. The first kappa shape index (κ1) is 16.2. The molecule has 1 fully saturated rings. The number of imide groups is 1. The molecule has 1 saturated heterocycles.